The lowest BCUT2D eigenvalue weighted by molar-refractivity contribution is -0.131. The fourth-order valence-electron chi connectivity index (χ4n) is 2.76. The molecule has 0 radical (unpaired) electrons. The number of hydrogen-bond donors (Lipinski definition) is 2. The van der Waals surface area contributed by atoms with Gasteiger partial charge in [-0.05, 0) is 43.2 Å². The first-order valence-electron chi connectivity index (χ1n) is 8.37. The summed E-state index contributed by atoms with van der Waals surface area (Å²) in [5, 5.41) is 14.5. The molecule has 7 nitrogen and oxygen atoms in total. The van der Waals surface area contributed by atoms with Gasteiger partial charge in [0.1, 0.15) is 5.41 Å². The van der Waals surface area contributed by atoms with Crippen LogP contribution in [0.4, 0.5) is 11.4 Å². The zero-order valence-electron chi connectivity index (χ0n) is 15.0. The first kappa shape index (κ1) is 18.3. The van der Waals surface area contributed by atoms with Gasteiger partial charge in [-0.2, -0.15) is 5.26 Å². The number of benzene rings is 2. The zero-order valence-corrected chi connectivity index (χ0v) is 15.0. The second-order valence-electron chi connectivity index (χ2n) is 6.25. The molecule has 3 rings (SSSR count). The van der Waals surface area contributed by atoms with Crippen molar-refractivity contribution < 1.29 is 19.1 Å². The van der Waals surface area contributed by atoms with E-state index in [-0.39, 0.29) is 11.8 Å². The van der Waals surface area contributed by atoms with Crippen LogP contribution >= 0.6 is 0 Å². The maximum absolute atomic E-state index is 12.7. The Labute approximate surface area is 156 Å². The number of ether oxygens (including phenoxy) is 2. The molecule has 27 heavy (non-hydrogen) atoms. The number of amides is 2. The molecule has 2 aromatic rings. The van der Waals surface area contributed by atoms with Crippen LogP contribution in [0.1, 0.15) is 18.4 Å². The van der Waals surface area contributed by atoms with Gasteiger partial charge in [0.25, 0.3) is 0 Å². The SMILES string of the molecule is COc1ccc(NC(=O)C2(C(=O)Nc3cccc(C#N)c3)CC2)cc1OC. The van der Waals surface area contributed by atoms with E-state index in [1.54, 1.807) is 42.5 Å². The quantitative estimate of drug-likeness (QED) is 0.767. The molecular formula is C20H19N3O4. The van der Waals surface area contributed by atoms with Crippen LogP contribution in [0.25, 0.3) is 0 Å². The van der Waals surface area contributed by atoms with Gasteiger partial charge < -0.3 is 20.1 Å². The summed E-state index contributed by atoms with van der Waals surface area (Å²) in [6.45, 7) is 0. The molecule has 0 saturated heterocycles. The summed E-state index contributed by atoms with van der Waals surface area (Å²) in [4.78, 5) is 25.4. The van der Waals surface area contributed by atoms with E-state index in [4.69, 9.17) is 14.7 Å². The van der Waals surface area contributed by atoms with Crippen LogP contribution in [-0.4, -0.2) is 26.0 Å². The van der Waals surface area contributed by atoms with Crippen LogP contribution in [0.2, 0.25) is 0 Å². The van der Waals surface area contributed by atoms with E-state index in [0.29, 0.717) is 41.3 Å². The molecule has 7 heteroatoms. The Balaban J connectivity index is 1.72. The number of rotatable bonds is 6. The van der Waals surface area contributed by atoms with Crippen molar-refractivity contribution in [1.82, 2.24) is 0 Å². The molecule has 1 aliphatic carbocycles. The maximum atomic E-state index is 12.7. The molecule has 0 atom stereocenters. The Morgan fingerprint density at radius 2 is 1.59 bits per heavy atom. The second-order valence-corrected chi connectivity index (χ2v) is 6.25. The van der Waals surface area contributed by atoms with Crippen molar-refractivity contribution in [2.45, 2.75) is 12.8 Å². The molecule has 0 spiro atoms. The van der Waals surface area contributed by atoms with Gasteiger partial charge in [0.15, 0.2) is 11.5 Å². The highest BCUT2D eigenvalue weighted by Crippen LogP contribution is 2.47. The van der Waals surface area contributed by atoms with Gasteiger partial charge in [0, 0.05) is 17.4 Å². The van der Waals surface area contributed by atoms with E-state index in [2.05, 4.69) is 10.6 Å². The highest BCUT2D eigenvalue weighted by Gasteiger charge is 2.56. The van der Waals surface area contributed by atoms with Crippen LogP contribution < -0.4 is 20.1 Å². The monoisotopic (exact) mass is 365 g/mol. The number of anilines is 2. The molecule has 2 aromatic carbocycles. The summed E-state index contributed by atoms with van der Waals surface area (Å²) >= 11 is 0. The van der Waals surface area contributed by atoms with Crippen LogP contribution in [0, 0.1) is 16.7 Å². The molecular weight excluding hydrogens is 346 g/mol. The molecule has 138 valence electrons. The molecule has 2 amide bonds. The van der Waals surface area contributed by atoms with E-state index in [1.165, 1.54) is 14.2 Å². The average molecular weight is 365 g/mol. The standard InChI is InChI=1S/C20H19N3O4/c1-26-16-7-6-15(11-17(16)27-2)23-19(25)20(8-9-20)18(24)22-14-5-3-4-13(10-14)12-21/h3-7,10-11H,8-9H2,1-2H3,(H,22,24)(H,23,25). The maximum Gasteiger partial charge on any atom is 0.240 e. The second kappa shape index (κ2) is 7.38. The molecule has 0 aliphatic heterocycles. The molecule has 2 N–H and O–H groups in total. The lowest BCUT2D eigenvalue weighted by Crippen LogP contribution is -2.35. The number of carbonyl (C=O) groups excluding carboxylic acids is 2. The topological polar surface area (TPSA) is 100 Å². The van der Waals surface area contributed by atoms with Gasteiger partial charge in [-0.1, -0.05) is 6.07 Å². The van der Waals surface area contributed by atoms with Gasteiger partial charge in [-0.3, -0.25) is 9.59 Å². The highest BCUT2D eigenvalue weighted by atomic mass is 16.5. The Hall–Kier alpha value is -3.53. The molecule has 0 unspecified atom stereocenters. The number of nitrogens with zero attached hydrogens (tertiary/aromatic N) is 1. The molecule has 0 aromatic heterocycles. The predicted octanol–water partition coefficient (Wildman–Crippen LogP) is 2.93. The highest BCUT2D eigenvalue weighted by molar-refractivity contribution is 6.17. The largest absolute Gasteiger partial charge is 0.493 e. The normalized spacial score (nSPS) is 13.8. The number of nitriles is 1. The van der Waals surface area contributed by atoms with Crippen LogP contribution in [0.5, 0.6) is 11.5 Å². The zero-order chi connectivity index (χ0) is 19.4. The van der Waals surface area contributed by atoms with Crippen molar-refractivity contribution in [3.63, 3.8) is 0 Å². The van der Waals surface area contributed by atoms with Crippen LogP contribution in [-0.2, 0) is 9.59 Å². The Morgan fingerprint density at radius 1 is 0.963 bits per heavy atom. The third-order valence-electron chi connectivity index (χ3n) is 4.51. The lowest BCUT2D eigenvalue weighted by Gasteiger charge is -2.16. The molecule has 0 bridgehead atoms. The van der Waals surface area contributed by atoms with Gasteiger partial charge in [0.2, 0.25) is 11.8 Å². The Kier molecular flexibility index (Phi) is 4.99. The molecule has 1 aliphatic rings. The minimum atomic E-state index is -1.10. The fourth-order valence-corrected chi connectivity index (χ4v) is 2.76. The van der Waals surface area contributed by atoms with Gasteiger partial charge in [-0.25, -0.2) is 0 Å². The van der Waals surface area contributed by atoms with Gasteiger partial charge in [-0.15, -0.1) is 0 Å². The third kappa shape index (κ3) is 3.70. The summed E-state index contributed by atoms with van der Waals surface area (Å²) in [6.07, 6.45) is 0.936. The van der Waals surface area contributed by atoms with Crippen molar-refractivity contribution in [1.29, 1.82) is 5.26 Å². The molecule has 1 fully saturated rings. The van der Waals surface area contributed by atoms with Crippen molar-refractivity contribution in [2.75, 3.05) is 24.9 Å². The summed E-state index contributed by atoms with van der Waals surface area (Å²) in [7, 11) is 3.04. The number of carbonyl (C=O) groups is 2. The van der Waals surface area contributed by atoms with Crippen molar-refractivity contribution in [3.05, 3.63) is 48.0 Å². The van der Waals surface area contributed by atoms with E-state index in [9.17, 15) is 9.59 Å². The van der Waals surface area contributed by atoms with Gasteiger partial charge >= 0.3 is 0 Å². The van der Waals surface area contributed by atoms with E-state index < -0.39 is 5.41 Å². The van der Waals surface area contributed by atoms with Crippen LogP contribution in [0.15, 0.2) is 42.5 Å². The molecule has 1 saturated carbocycles. The number of hydrogen-bond acceptors (Lipinski definition) is 5. The summed E-state index contributed by atoms with van der Waals surface area (Å²) in [5.41, 5.74) is 0.343. The fraction of sp³-hybridized carbons (Fsp3) is 0.250. The summed E-state index contributed by atoms with van der Waals surface area (Å²) in [5.74, 6) is 0.281. The first-order valence-corrected chi connectivity index (χ1v) is 8.37. The van der Waals surface area contributed by atoms with Crippen molar-refractivity contribution in [3.8, 4) is 17.6 Å². The predicted molar refractivity (Wildman–Crippen MR) is 99.6 cm³/mol. The van der Waals surface area contributed by atoms with Crippen molar-refractivity contribution >= 4 is 23.2 Å². The minimum Gasteiger partial charge on any atom is -0.493 e. The summed E-state index contributed by atoms with van der Waals surface area (Å²) < 4.78 is 10.4. The number of nitrogens with one attached hydrogen (secondary N) is 2. The Bertz CT molecular complexity index is 929. The average Bonchev–Trinajstić information content (AvgIpc) is 3.50. The third-order valence-corrected chi connectivity index (χ3v) is 4.51. The summed E-state index contributed by atoms with van der Waals surface area (Å²) in [6, 6.07) is 13.6. The Morgan fingerprint density at radius 3 is 2.15 bits per heavy atom. The lowest BCUT2D eigenvalue weighted by atomic mass is 10.0. The smallest absolute Gasteiger partial charge is 0.240 e. The van der Waals surface area contributed by atoms with Crippen LogP contribution in [0.3, 0.4) is 0 Å². The number of methoxy groups -OCH3 is 2. The van der Waals surface area contributed by atoms with E-state index in [1.807, 2.05) is 6.07 Å². The van der Waals surface area contributed by atoms with Crippen molar-refractivity contribution in [2.24, 2.45) is 5.41 Å². The molecule has 0 heterocycles. The minimum absolute atomic E-state index is 0.372. The van der Waals surface area contributed by atoms with E-state index in [0.717, 1.165) is 0 Å². The van der Waals surface area contributed by atoms with Gasteiger partial charge in [0.05, 0.1) is 25.9 Å². The first-order chi connectivity index (χ1) is 13.0. The van der Waals surface area contributed by atoms with E-state index >= 15 is 0 Å².